The molecule has 2 rings (SSSR count). The van der Waals surface area contributed by atoms with Crippen LogP contribution in [0.1, 0.15) is 32.3 Å². The minimum atomic E-state index is 0.172. The summed E-state index contributed by atoms with van der Waals surface area (Å²) in [6, 6.07) is 6.75. The first-order chi connectivity index (χ1) is 10.0. The van der Waals surface area contributed by atoms with Gasteiger partial charge in [0.05, 0.1) is 11.6 Å². The number of methoxy groups -OCH3 is 1. The Labute approximate surface area is 135 Å². The van der Waals surface area contributed by atoms with Crippen LogP contribution >= 0.6 is 15.9 Å². The molecule has 0 saturated carbocycles. The Bertz CT molecular complexity index is 505. The molecule has 1 heterocycles. The van der Waals surface area contributed by atoms with E-state index in [1.54, 1.807) is 7.11 Å². The van der Waals surface area contributed by atoms with Gasteiger partial charge in [-0.25, -0.2) is 0 Å². The number of amides is 1. The Morgan fingerprint density at radius 3 is 2.81 bits per heavy atom. The highest BCUT2D eigenvalue weighted by Crippen LogP contribution is 2.29. The van der Waals surface area contributed by atoms with Crippen LogP contribution in [-0.2, 0) is 11.3 Å². The van der Waals surface area contributed by atoms with Gasteiger partial charge in [0.2, 0.25) is 5.91 Å². The van der Waals surface area contributed by atoms with E-state index in [0.717, 1.165) is 29.7 Å². The maximum Gasteiger partial charge on any atom is 0.220 e. The van der Waals surface area contributed by atoms with Gasteiger partial charge in [-0.05, 0) is 47.8 Å². The monoisotopic (exact) mass is 354 g/mol. The number of hydrogen-bond acceptors (Lipinski definition) is 3. The zero-order valence-electron chi connectivity index (χ0n) is 12.9. The fraction of sp³-hybridized carbons (Fsp3) is 0.562. The first-order valence-corrected chi connectivity index (χ1v) is 8.15. The van der Waals surface area contributed by atoms with E-state index in [1.807, 2.05) is 12.1 Å². The molecular formula is C16H23BrN2O2. The summed E-state index contributed by atoms with van der Waals surface area (Å²) in [6.45, 7) is 6.09. The van der Waals surface area contributed by atoms with Crippen molar-refractivity contribution in [3.63, 3.8) is 0 Å². The van der Waals surface area contributed by atoms with Crippen molar-refractivity contribution in [1.82, 2.24) is 10.2 Å². The molecule has 0 radical (unpaired) electrons. The number of nitrogens with zero attached hydrogens (tertiary/aromatic N) is 1. The van der Waals surface area contributed by atoms with E-state index in [0.29, 0.717) is 12.5 Å². The van der Waals surface area contributed by atoms with Gasteiger partial charge in [-0.2, -0.15) is 0 Å². The average molecular weight is 355 g/mol. The summed E-state index contributed by atoms with van der Waals surface area (Å²) in [5, 5.41) is 3.05. The van der Waals surface area contributed by atoms with E-state index in [2.05, 4.69) is 46.1 Å². The van der Waals surface area contributed by atoms with E-state index in [-0.39, 0.29) is 11.9 Å². The highest BCUT2D eigenvalue weighted by molar-refractivity contribution is 9.10. The predicted molar refractivity (Wildman–Crippen MR) is 87.4 cm³/mol. The van der Waals surface area contributed by atoms with Crippen molar-refractivity contribution in [2.75, 3.05) is 13.7 Å². The van der Waals surface area contributed by atoms with E-state index < -0.39 is 0 Å². The van der Waals surface area contributed by atoms with Gasteiger partial charge in [0.25, 0.3) is 0 Å². The number of rotatable bonds is 6. The molecule has 0 aliphatic carbocycles. The van der Waals surface area contributed by atoms with Crippen molar-refractivity contribution in [3.8, 4) is 5.75 Å². The Morgan fingerprint density at radius 1 is 1.48 bits per heavy atom. The molecule has 1 aromatic rings. The smallest absolute Gasteiger partial charge is 0.220 e. The predicted octanol–water partition coefficient (Wildman–Crippen LogP) is 2.95. The summed E-state index contributed by atoms with van der Waals surface area (Å²) in [5.74, 6) is 1.02. The maximum atomic E-state index is 11.3. The minimum Gasteiger partial charge on any atom is -0.496 e. The number of benzene rings is 1. The summed E-state index contributed by atoms with van der Waals surface area (Å²) in [7, 11) is 1.68. The van der Waals surface area contributed by atoms with E-state index in [4.69, 9.17) is 4.74 Å². The third kappa shape index (κ3) is 4.20. The molecule has 1 saturated heterocycles. The molecule has 116 valence electrons. The molecular weight excluding hydrogens is 332 g/mol. The quantitative estimate of drug-likeness (QED) is 0.853. The molecule has 21 heavy (non-hydrogen) atoms. The second-order valence-electron chi connectivity index (χ2n) is 5.76. The van der Waals surface area contributed by atoms with Gasteiger partial charge >= 0.3 is 0 Å². The molecule has 4 nitrogen and oxygen atoms in total. The zero-order valence-corrected chi connectivity index (χ0v) is 14.4. The van der Waals surface area contributed by atoms with Crippen LogP contribution in [0.4, 0.5) is 0 Å². The van der Waals surface area contributed by atoms with Crippen LogP contribution in [0, 0.1) is 0 Å². The van der Waals surface area contributed by atoms with Crippen molar-refractivity contribution in [1.29, 1.82) is 0 Å². The van der Waals surface area contributed by atoms with Crippen molar-refractivity contribution < 1.29 is 9.53 Å². The van der Waals surface area contributed by atoms with Crippen LogP contribution in [-0.4, -0.2) is 36.5 Å². The van der Waals surface area contributed by atoms with Crippen LogP contribution in [0.2, 0.25) is 0 Å². The standard InChI is InChI=1S/C16H23BrN2O2/c1-11(2)19(10-13-7-8-15(20)18-13)9-12-5-4-6-14(21-3)16(12)17/h4-6,11,13H,7-10H2,1-3H3,(H,18,20). The van der Waals surface area contributed by atoms with Crippen LogP contribution in [0.5, 0.6) is 5.75 Å². The first kappa shape index (κ1) is 16.3. The summed E-state index contributed by atoms with van der Waals surface area (Å²) in [5.41, 5.74) is 1.20. The molecule has 1 fully saturated rings. The molecule has 1 atom stereocenters. The molecule has 1 unspecified atom stereocenters. The lowest BCUT2D eigenvalue weighted by molar-refractivity contribution is -0.119. The third-order valence-electron chi connectivity index (χ3n) is 3.91. The highest BCUT2D eigenvalue weighted by Gasteiger charge is 2.24. The third-order valence-corrected chi connectivity index (χ3v) is 4.81. The molecule has 1 amide bonds. The summed E-state index contributed by atoms with van der Waals surface area (Å²) < 4.78 is 6.36. The fourth-order valence-corrected chi connectivity index (χ4v) is 3.16. The number of hydrogen-bond donors (Lipinski definition) is 1. The van der Waals surface area contributed by atoms with Gasteiger partial charge in [0, 0.05) is 31.6 Å². The van der Waals surface area contributed by atoms with E-state index in [9.17, 15) is 4.79 Å². The molecule has 1 aliphatic rings. The average Bonchev–Trinajstić information content (AvgIpc) is 2.85. The van der Waals surface area contributed by atoms with Gasteiger partial charge in [-0.1, -0.05) is 12.1 Å². The molecule has 1 N–H and O–H groups in total. The van der Waals surface area contributed by atoms with Gasteiger partial charge in [-0.15, -0.1) is 0 Å². The summed E-state index contributed by atoms with van der Waals surface area (Å²) in [4.78, 5) is 13.7. The van der Waals surface area contributed by atoms with Crippen molar-refractivity contribution in [2.24, 2.45) is 0 Å². The molecule has 1 aromatic carbocycles. The Morgan fingerprint density at radius 2 is 2.24 bits per heavy atom. The molecule has 0 aromatic heterocycles. The van der Waals surface area contributed by atoms with Crippen molar-refractivity contribution in [2.45, 2.75) is 45.3 Å². The highest BCUT2D eigenvalue weighted by atomic mass is 79.9. The molecule has 0 bridgehead atoms. The Balaban J connectivity index is 2.07. The normalized spacial score (nSPS) is 18.4. The van der Waals surface area contributed by atoms with Gasteiger partial charge < -0.3 is 10.1 Å². The van der Waals surface area contributed by atoms with E-state index in [1.165, 1.54) is 5.56 Å². The molecule has 5 heteroatoms. The number of nitrogens with one attached hydrogen (secondary N) is 1. The molecule has 1 aliphatic heterocycles. The zero-order chi connectivity index (χ0) is 15.4. The molecule has 0 spiro atoms. The SMILES string of the molecule is COc1cccc(CN(CC2CCC(=O)N2)C(C)C)c1Br. The second kappa shape index (κ2) is 7.27. The van der Waals surface area contributed by atoms with E-state index >= 15 is 0 Å². The minimum absolute atomic E-state index is 0.172. The Hall–Kier alpha value is -1.07. The van der Waals surface area contributed by atoms with Crippen molar-refractivity contribution in [3.05, 3.63) is 28.2 Å². The van der Waals surface area contributed by atoms with Crippen molar-refractivity contribution >= 4 is 21.8 Å². The van der Waals surface area contributed by atoms with Gasteiger partial charge in [0.1, 0.15) is 5.75 Å². The van der Waals surface area contributed by atoms with Crippen LogP contribution in [0.15, 0.2) is 22.7 Å². The topological polar surface area (TPSA) is 41.6 Å². The second-order valence-corrected chi connectivity index (χ2v) is 6.55. The number of carbonyl (C=O) groups excluding carboxylic acids is 1. The lowest BCUT2D eigenvalue weighted by Crippen LogP contribution is -2.41. The van der Waals surface area contributed by atoms with Crippen LogP contribution in [0.3, 0.4) is 0 Å². The summed E-state index contributed by atoms with van der Waals surface area (Å²) in [6.07, 6.45) is 1.58. The number of ether oxygens (including phenoxy) is 1. The van der Waals surface area contributed by atoms with Gasteiger partial charge in [-0.3, -0.25) is 9.69 Å². The number of carbonyl (C=O) groups is 1. The van der Waals surface area contributed by atoms with Crippen LogP contribution in [0.25, 0.3) is 0 Å². The largest absolute Gasteiger partial charge is 0.496 e. The number of halogens is 1. The first-order valence-electron chi connectivity index (χ1n) is 7.36. The maximum absolute atomic E-state index is 11.3. The van der Waals surface area contributed by atoms with Gasteiger partial charge in [0.15, 0.2) is 0 Å². The lowest BCUT2D eigenvalue weighted by atomic mass is 10.1. The lowest BCUT2D eigenvalue weighted by Gasteiger charge is -2.29. The summed E-state index contributed by atoms with van der Waals surface area (Å²) >= 11 is 3.62. The van der Waals surface area contributed by atoms with Crippen LogP contribution < -0.4 is 10.1 Å². The Kier molecular flexibility index (Phi) is 5.65. The fourth-order valence-electron chi connectivity index (χ4n) is 2.61.